The zero-order valence-electron chi connectivity index (χ0n) is 26.9. The predicted octanol–water partition coefficient (Wildman–Crippen LogP) is 6.08. The quantitative estimate of drug-likeness (QED) is 0.206. The molecule has 2 aliphatic rings. The Morgan fingerprint density at radius 3 is 2.79 bits per heavy atom. The van der Waals surface area contributed by atoms with Gasteiger partial charge in [0.15, 0.2) is 5.82 Å². The predicted molar refractivity (Wildman–Crippen MR) is 172 cm³/mol. The van der Waals surface area contributed by atoms with Gasteiger partial charge in [-0.05, 0) is 64.9 Å². The first-order valence-corrected chi connectivity index (χ1v) is 15.8. The Kier molecular flexibility index (Phi) is 7.96. The Bertz CT molecular complexity index is 2020. The molecule has 1 fully saturated rings. The molecule has 3 atom stereocenters. The van der Waals surface area contributed by atoms with Crippen molar-refractivity contribution in [1.29, 1.82) is 0 Å². The van der Waals surface area contributed by atoms with Crippen LogP contribution >= 0.6 is 0 Å². The molecule has 0 radical (unpaired) electrons. The Hall–Kier alpha value is -4.79. The van der Waals surface area contributed by atoms with Crippen LogP contribution in [0.15, 0.2) is 30.6 Å². The van der Waals surface area contributed by atoms with Crippen molar-refractivity contribution >= 4 is 33.4 Å². The molecule has 0 saturated carbocycles. The van der Waals surface area contributed by atoms with Crippen LogP contribution in [0.1, 0.15) is 49.4 Å². The van der Waals surface area contributed by atoms with E-state index in [1.807, 2.05) is 31.9 Å². The molecule has 5 aromatic rings. The fraction of sp³-hybridized carbons (Fsp3) is 0.424. The van der Waals surface area contributed by atoms with Crippen LogP contribution in [-0.2, 0) is 6.18 Å². The van der Waals surface area contributed by atoms with Crippen LogP contribution in [0.4, 0.5) is 29.2 Å². The lowest BCUT2D eigenvalue weighted by Crippen LogP contribution is -2.39. The SMILES string of the molecule is Cc1cc2[nH]ncc2c(-c2nc3c4c(nc(OC[C@H]5CCCN(C)C5)nc4c2F)N([C@H](C)c2cccnc2N)[C@@H](C)CO3)c1C(F)(F)F. The van der Waals surface area contributed by atoms with Crippen LogP contribution in [0.3, 0.4) is 0 Å². The molecular formula is C33H35F4N9O2. The van der Waals surface area contributed by atoms with E-state index < -0.39 is 34.9 Å². The highest BCUT2D eigenvalue weighted by Crippen LogP contribution is 2.47. The highest BCUT2D eigenvalue weighted by molar-refractivity contribution is 6.02. The van der Waals surface area contributed by atoms with E-state index in [9.17, 15) is 13.2 Å². The average molecular weight is 666 g/mol. The van der Waals surface area contributed by atoms with Crippen molar-refractivity contribution < 1.29 is 27.0 Å². The highest BCUT2D eigenvalue weighted by Gasteiger charge is 2.40. The van der Waals surface area contributed by atoms with Gasteiger partial charge in [0, 0.05) is 35.2 Å². The van der Waals surface area contributed by atoms with Crippen LogP contribution < -0.4 is 20.1 Å². The molecule has 7 rings (SSSR count). The lowest BCUT2D eigenvalue weighted by Gasteiger charge is -2.35. The summed E-state index contributed by atoms with van der Waals surface area (Å²) in [7, 11) is 2.04. The maximum absolute atomic E-state index is 17.1. The van der Waals surface area contributed by atoms with E-state index in [1.165, 1.54) is 19.2 Å². The van der Waals surface area contributed by atoms with E-state index in [4.69, 9.17) is 20.2 Å². The van der Waals surface area contributed by atoms with Gasteiger partial charge in [-0.15, -0.1) is 0 Å². The second-order valence-electron chi connectivity index (χ2n) is 12.7. The van der Waals surface area contributed by atoms with Gasteiger partial charge in [-0.1, -0.05) is 6.07 Å². The van der Waals surface area contributed by atoms with E-state index in [1.54, 1.807) is 12.3 Å². The Balaban J connectivity index is 1.47. The number of rotatable bonds is 6. The number of nitrogen functional groups attached to an aromatic ring is 1. The molecule has 0 amide bonds. The molecule has 1 aromatic carbocycles. The first-order chi connectivity index (χ1) is 22.9. The molecule has 11 nitrogen and oxygen atoms in total. The summed E-state index contributed by atoms with van der Waals surface area (Å²) in [6.45, 7) is 7.27. The Morgan fingerprint density at radius 2 is 2.04 bits per heavy atom. The minimum Gasteiger partial charge on any atom is -0.475 e. The number of aryl methyl sites for hydroxylation is 1. The second-order valence-corrected chi connectivity index (χ2v) is 12.7. The first kappa shape index (κ1) is 31.8. The van der Waals surface area contributed by atoms with E-state index in [0.29, 0.717) is 16.9 Å². The van der Waals surface area contributed by atoms with Gasteiger partial charge in [-0.3, -0.25) is 5.10 Å². The van der Waals surface area contributed by atoms with Crippen molar-refractivity contribution in [2.24, 2.45) is 5.92 Å². The maximum atomic E-state index is 17.1. The number of fused-ring (bicyclic) bond motifs is 1. The molecular weight excluding hydrogens is 630 g/mol. The number of hydrogen-bond acceptors (Lipinski definition) is 10. The first-order valence-electron chi connectivity index (χ1n) is 15.8. The van der Waals surface area contributed by atoms with E-state index >= 15 is 4.39 Å². The number of halogens is 4. The molecule has 0 spiro atoms. The summed E-state index contributed by atoms with van der Waals surface area (Å²) in [4.78, 5) is 22.1. The summed E-state index contributed by atoms with van der Waals surface area (Å²) in [5.74, 6) is -0.389. The molecule has 48 heavy (non-hydrogen) atoms. The minimum atomic E-state index is -4.83. The number of nitrogens with two attached hydrogens (primary N) is 1. The topological polar surface area (TPSA) is 131 Å². The van der Waals surface area contributed by atoms with Gasteiger partial charge in [-0.2, -0.15) is 28.2 Å². The van der Waals surface area contributed by atoms with E-state index in [0.717, 1.165) is 25.9 Å². The summed E-state index contributed by atoms with van der Waals surface area (Å²) in [6.07, 6.45) is -0.0556. The van der Waals surface area contributed by atoms with Gasteiger partial charge in [0.05, 0.1) is 36.0 Å². The monoisotopic (exact) mass is 665 g/mol. The average Bonchev–Trinajstić information content (AvgIpc) is 3.45. The third-order valence-corrected chi connectivity index (χ3v) is 9.27. The number of benzene rings is 1. The summed E-state index contributed by atoms with van der Waals surface area (Å²) in [5.41, 5.74) is 4.86. The summed E-state index contributed by atoms with van der Waals surface area (Å²) in [6, 6.07) is 4.04. The van der Waals surface area contributed by atoms with Gasteiger partial charge in [-0.25, -0.2) is 14.4 Å². The molecule has 252 valence electrons. The smallest absolute Gasteiger partial charge is 0.417 e. The van der Waals surface area contributed by atoms with Gasteiger partial charge in [0.2, 0.25) is 5.88 Å². The zero-order valence-corrected chi connectivity index (χ0v) is 26.9. The molecule has 4 aromatic heterocycles. The molecule has 6 heterocycles. The summed E-state index contributed by atoms with van der Waals surface area (Å²) >= 11 is 0. The van der Waals surface area contributed by atoms with Gasteiger partial charge < -0.3 is 25.0 Å². The number of aromatic amines is 1. The zero-order chi connectivity index (χ0) is 33.9. The fourth-order valence-electron chi connectivity index (χ4n) is 7.05. The van der Waals surface area contributed by atoms with Crippen molar-refractivity contribution in [1.82, 2.24) is 35.0 Å². The number of nitrogens with one attached hydrogen (secondary N) is 1. The van der Waals surface area contributed by atoms with Crippen molar-refractivity contribution in [3.8, 4) is 23.1 Å². The van der Waals surface area contributed by atoms with E-state index in [2.05, 4.69) is 30.0 Å². The molecule has 3 N–H and O–H groups in total. The van der Waals surface area contributed by atoms with Crippen LogP contribution in [0.25, 0.3) is 33.1 Å². The number of ether oxygens (including phenoxy) is 2. The normalized spacial score (nSPS) is 19.4. The number of nitrogens with zero attached hydrogens (tertiary/aromatic N) is 7. The largest absolute Gasteiger partial charge is 0.475 e. The lowest BCUT2D eigenvalue weighted by atomic mass is 9.94. The molecule has 0 unspecified atom stereocenters. The third kappa shape index (κ3) is 5.49. The maximum Gasteiger partial charge on any atom is 0.417 e. The molecule has 0 bridgehead atoms. The van der Waals surface area contributed by atoms with Crippen LogP contribution in [0.5, 0.6) is 11.9 Å². The highest BCUT2D eigenvalue weighted by atomic mass is 19.4. The van der Waals surface area contributed by atoms with Crippen molar-refractivity contribution in [3.05, 3.63) is 53.1 Å². The van der Waals surface area contributed by atoms with Crippen molar-refractivity contribution in [3.63, 3.8) is 0 Å². The minimum absolute atomic E-state index is 0.0553. The number of alkyl halides is 3. The molecule has 15 heteroatoms. The number of likely N-dealkylation sites (tertiary alicyclic amines) is 1. The van der Waals surface area contributed by atoms with Crippen molar-refractivity contribution in [2.45, 2.75) is 51.9 Å². The number of aromatic nitrogens is 6. The van der Waals surface area contributed by atoms with Crippen LogP contribution in [-0.4, -0.2) is 74.4 Å². The Morgan fingerprint density at radius 1 is 1.23 bits per heavy atom. The number of hydrogen-bond donors (Lipinski definition) is 2. The van der Waals surface area contributed by atoms with Crippen molar-refractivity contribution in [2.75, 3.05) is 44.0 Å². The van der Waals surface area contributed by atoms with Gasteiger partial charge in [0.1, 0.15) is 34.8 Å². The second kappa shape index (κ2) is 12.0. The number of pyridine rings is 2. The number of piperidine rings is 1. The van der Waals surface area contributed by atoms with Crippen LogP contribution in [0.2, 0.25) is 0 Å². The third-order valence-electron chi connectivity index (χ3n) is 9.27. The van der Waals surface area contributed by atoms with E-state index in [-0.39, 0.29) is 64.7 Å². The summed E-state index contributed by atoms with van der Waals surface area (Å²) < 4.78 is 73.4. The standard InChI is InChI=1S/C33H35F4N9O2/c1-16-11-22-21(12-40-44-22)23(25(16)33(35,36)37)27-26(34)28-24-30(43-32(42-28)48-15-19-7-6-10-45(4)13-19)46(17(2)14-47-31(24)41-27)18(3)20-8-5-9-39-29(20)38/h5,8-9,11-12,17-19H,6-7,10,13-15H2,1-4H3,(H2,38,39)(H,40,44)/t17-,18+,19-/m0/s1. The lowest BCUT2D eigenvalue weighted by molar-refractivity contribution is -0.137. The molecule has 1 saturated heterocycles. The summed E-state index contributed by atoms with van der Waals surface area (Å²) in [5, 5.41) is 6.82. The molecule has 2 aliphatic heterocycles. The van der Waals surface area contributed by atoms with Gasteiger partial charge in [0.25, 0.3) is 0 Å². The van der Waals surface area contributed by atoms with Crippen LogP contribution in [0, 0.1) is 18.7 Å². The van der Waals surface area contributed by atoms with Gasteiger partial charge >= 0.3 is 12.2 Å². The molecule has 0 aliphatic carbocycles. The number of anilines is 2. The Labute approximate surface area is 273 Å². The fourth-order valence-corrected chi connectivity index (χ4v) is 7.05. The number of H-pyrrole nitrogens is 1.